The first kappa shape index (κ1) is 12.6. The van der Waals surface area contributed by atoms with E-state index in [0.717, 1.165) is 24.9 Å². The number of rotatable bonds is 3. The first-order valence-corrected chi connectivity index (χ1v) is 7.19. The quantitative estimate of drug-likeness (QED) is 0.894. The van der Waals surface area contributed by atoms with Crippen molar-refractivity contribution in [2.45, 2.75) is 44.7 Å². The fourth-order valence-corrected chi connectivity index (χ4v) is 3.15. The van der Waals surface area contributed by atoms with Crippen LogP contribution in [0.4, 0.5) is 0 Å². The molecule has 1 aromatic rings. The van der Waals surface area contributed by atoms with E-state index in [9.17, 15) is 4.79 Å². The predicted octanol–water partition coefficient (Wildman–Crippen LogP) is 2.02. The standard InChI is InChI=1S/C13H20N2OS/c1-10(14)12-4-2-3-6-15(12)13(16)8-11-5-7-17-9-11/h5,7,9-10,12H,2-4,6,8,14H2,1H3/t10-,12+/m1/s1. The second-order valence-corrected chi connectivity index (χ2v) is 5.60. The number of nitrogens with two attached hydrogens (primary N) is 1. The molecule has 0 unspecified atom stereocenters. The van der Waals surface area contributed by atoms with Gasteiger partial charge in [0.2, 0.25) is 5.91 Å². The van der Waals surface area contributed by atoms with E-state index in [4.69, 9.17) is 5.73 Å². The highest BCUT2D eigenvalue weighted by molar-refractivity contribution is 7.07. The summed E-state index contributed by atoms with van der Waals surface area (Å²) in [7, 11) is 0. The molecule has 2 heterocycles. The van der Waals surface area contributed by atoms with Crippen molar-refractivity contribution in [3.63, 3.8) is 0 Å². The minimum atomic E-state index is 0.0710. The molecule has 0 aliphatic carbocycles. The number of likely N-dealkylation sites (tertiary alicyclic amines) is 1. The van der Waals surface area contributed by atoms with Crippen LogP contribution in [0.2, 0.25) is 0 Å². The zero-order chi connectivity index (χ0) is 12.3. The summed E-state index contributed by atoms with van der Waals surface area (Å²) in [6, 6.07) is 2.32. The lowest BCUT2D eigenvalue weighted by Crippen LogP contribution is -2.52. The number of carbonyl (C=O) groups excluding carboxylic acids is 1. The average Bonchev–Trinajstić information content (AvgIpc) is 2.81. The molecule has 0 spiro atoms. The van der Waals surface area contributed by atoms with Crippen LogP contribution in [-0.2, 0) is 11.2 Å². The van der Waals surface area contributed by atoms with Gasteiger partial charge in [0.1, 0.15) is 0 Å². The predicted molar refractivity (Wildman–Crippen MR) is 71.0 cm³/mol. The summed E-state index contributed by atoms with van der Waals surface area (Å²) >= 11 is 1.64. The lowest BCUT2D eigenvalue weighted by Gasteiger charge is -2.38. The van der Waals surface area contributed by atoms with E-state index in [1.54, 1.807) is 11.3 Å². The van der Waals surface area contributed by atoms with E-state index >= 15 is 0 Å². The van der Waals surface area contributed by atoms with Gasteiger partial charge in [0.05, 0.1) is 6.42 Å². The van der Waals surface area contributed by atoms with Gasteiger partial charge < -0.3 is 10.6 Å². The number of thiophene rings is 1. The summed E-state index contributed by atoms with van der Waals surface area (Å²) in [6.07, 6.45) is 3.87. The third-order valence-corrected chi connectivity index (χ3v) is 4.14. The van der Waals surface area contributed by atoms with E-state index in [1.807, 2.05) is 28.7 Å². The Morgan fingerprint density at radius 3 is 3.12 bits per heavy atom. The van der Waals surface area contributed by atoms with Crippen LogP contribution in [0.3, 0.4) is 0 Å². The van der Waals surface area contributed by atoms with Gasteiger partial charge in [-0.15, -0.1) is 0 Å². The van der Waals surface area contributed by atoms with Crippen molar-refractivity contribution >= 4 is 17.2 Å². The zero-order valence-electron chi connectivity index (χ0n) is 10.3. The lowest BCUT2D eigenvalue weighted by atomic mass is 9.96. The normalized spacial score (nSPS) is 22.5. The highest BCUT2D eigenvalue weighted by Crippen LogP contribution is 2.20. The van der Waals surface area contributed by atoms with Crippen LogP contribution in [-0.4, -0.2) is 29.4 Å². The van der Waals surface area contributed by atoms with Crippen molar-refractivity contribution in [1.29, 1.82) is 0 Å². The minimum absolute atomic E-state index is 0.0710. The van der Waals surface area contributed by atoms with E-state index in [1.165, 1.54) is 6.42 Å². The maximum absolute atomic E-state index is 12.3. The van der Waals surface area contributed by atoms with Crippen molar-refractivity contribution in [3.8, 4) is 0 Å². The molecule has 1 amide bonds. The van der Waals surface area contributed by atoms with Gasteiger partial charge in [0.25, 0.3) is 0 Å². The summed E-state index contributed by atoms with van der Waals surface area (Å²) in [6.45, 7) is 2.87. The summed E-state index contributed by atoms with van der Waals surface area (Å²) < 4.78 is 0. The van der Waals surface area contributed by atoms with Gasteiger partial charge in [0, 0.05) is 18.6 Å². The van der Waals surface area contributed by atoms with Gasteiger partial charge in [0.15, 0.2) is 0 Å². The molecule has 1 aromatic heterocycles. The van der Waals surface area contributed by atoms with Crippen LogP contribution in [0, 0.1) is 0 Å². The van der Waals surface area contributed by atoms with Crippen LogP contribution < -0.4 is 5.73 Å². The van der Waals surface area contributed by atoms with Gasteiger partial charge in [-0.25, -0.2) is 0 Å². The zero-order valence-corrected chi connectivity index (χ0v) is 11.1. The molecule has 1 aliphatic rings. The van der Waals surface area contributed by atoms with Gasteiger partial charge in [-0.1, -0.05) is 0 Å². The summed E-state index contributed by atoms with van der Waals surface area (Å²) in [5.74, 6) is 0.227. The fraction of sp³-hybridized carbons (Fsp3) is 0.615. The molecule has 0 aromatic carbocycles. The molecule has 17 heavy (non-hydrogen) atoms. The van der Waals surface area contributed by atoms with Gasteiger partial charge in [-0.05, 0) is 48.6 Å². The number of nitrogens with zero attached hydrogens (tertiary/aromatic N) is 1. The topological polar surface area (TPSA) is 46.3 Å². The van der Waals surface area contributed by atoms with Crippen molar-refractivity contribution in [1.82, 2.24) is 4.90 Å². The van der Waals surface area contributed by atoms with Crippen LogP contribution in [0.25, 0.3) is 0 Å². The number of piperidine rings is 1. The largest absolute Gasteiger partial charge is 0.338 e. The Morgan fingerprint density at radius 1 is 1.65 bits per heavy atom. The molecule has 2 N–H and O–H groups in total. The maximum Gasteiger partial charge on any atom is 0.227 e. The van der Waals surface area contributed by atoms with Gasteiger partial charge >= 0.3 is 0 Å². The van der Waals surface area contributed by atoms with Crippen molar-refractivity contribution in [3.05, 3.63) is 22.4 Å². The number of carbonyl (C=O) groups is 1. The molecule has 2 rings (SSSR count). The Labute approximate surface area is 107 Å². The SMILES string of the molecule is C[C@@H](N)[C@@H]1CCCCN1C(=O)Cc1ccsc1. The van der Waals surface area contributed by atoms with Crippen molar-refractivity contribution in [2.75, 3.05) is 6.54 Å². The molecule has 2 atom stereocenters. The molecule has 1 saturated heterocycles. The van der Waals surface area contributed by atoms with Crippen LogP contribution in [0.15, 0.2) is 16.8 Å². The Hall–Kier alpha value is -0.870. The first-order chi connectivity index (χ1) is 8.18. The highest BCUT2D eigenvalue weighted by atomic mass is 32.1. The highest BCUT2D eigenvalue weighted by Gasteiger charge is 2.28. The fourth-order valence-electron chi connectivity index (χ4n) is 2.48. The Kier molecular flexibility index (Phi) is 4.18. The second-order valence-electron chi connectivity index (χ2n) is 4.82. The second kappa shape index (κ2) is 5.65. The first-order valence-electron chi connectivity index (χ1n) is 6.24. The number of amides is 1. The smallest absolute Gasteiger partial charge is 0.227 e. The molecule has 3 nitrogen and oxygen atoms in total. The Balaban J connectivity index is 2.01. The summed E-state index contributed by atoms with van der Waals surface area (Å²) in [5, 5.41) is 4.06. The molecule has 1 aliphatic heterocycles. The van der Waals surface area contributed by atoms with E-state index < -0.39 is 0 Å². The molecule has 0 radical (unpaired) electrons. The molecule has 1 fully saturated rings. The third kappa shape index (κ3) is 3.07. The van der Waals surface area contributed by atoms with Gasteiger partial charge in [-0.3, -0.25) is 4.79 Å². The molecular formula is C13H20N2OS. The average molecular weight is 252 g/mol. The lowest BCUT2D eigenvalue weighted by molar-refractivity contribution is -0.134. The van der Waals surface area contributed by atoms with Crippen LogP contribution in [0.5, 0.6) is 0 Å². The van der Waals surface area contributed by atoms with Crippen molar-refractivity contribution in [2.24, 2.45) is 5.73 Å². The van der Waals surface area contributed by atoms with Gasteiger partial charge in [-0.2, -0.15) is 11.3 Å². The summed E-state index contributed by atoms with van der Waals surface area (Å²) in [4.78, 5) is 14.2. The number of hydrogen-bond acceptors (Lipinski definition) is 3. The van der Waals surface area contributed by atoms with E-state index in [0.29, 0.717) is 6.42 Å². The van der Waals surface area contributed by atoms with E-state index in [2.05, 4.69) is 0 Å². The van der Waals surface area contributed by atoms with Crippen molar-refractivity contribution < 1.29 is 4.79 Å². The monoisotopic (exact) mass is 252 g/mol. The molecule has 0 saturated carbocycles. The molecule has 4 heteroatoms. The molecule has 94 valence electrons. The minimum Gasteiger partial charge on any atom is -0.338 e. The van der Waals surface area contributed by atoms with E-state index in [-0.39, 0.29) is 18.0 Å². The van der Waals surface area contributed by atoms with Crippen LogP contribution in [0.1, 0.15) is 31.7 Å². The summed E-state index contributed by atoms with van der Waals surface area (Å²) in [5.41, 5.74) is 7.10. The third-order valence-electron chi connectivity index (χ3n) is 3.41. The Morgan fingerprint density at radius 2 is 2.47 bits per heavy atom. The molecular weight excluding hydrogens is 232 g/mol. The number of hydrogen-bond donors (Lipinski definition) is 1. The maximum atomic E-state index is 12.3. The molecule has 0 bridgehead atoms. The van der Waals surface area contributed by atoms with Crippen LogP contribution >= 0.6 is 11.3 Å². The Bertz CT molecular complexity index is 362.